The number of hydrogen-bond donors (Lipinski definition) is 4. The van der Waals surface area contributed by atoms with E-state index in [9.17, 15) is 14.3 Å². The van der Waals surface area contributed by atoms with Gasteiger partial charge in [0.15, 0.2) is 5.84 Å². The molecule has 11 nitrogen and oxygen atoms in total. The van der Waals surface area contributed by atoms with Gasteiger partial charge >= 0.3 is 0 Å². The molecule has 2 aromatic heterocycles. The number of aliphatic imine (C=N–C) groups is 1. The van der Waals surface area contributed by atoms with Crippen LogP contribution in [-0.4, -0.2) is 66.1 Å². The van der Waals surface area contributed by atoms with Crippen LogP contribution in [0.1, 0.15) is 108 Å². The number of alkyl halides is 1. The summed E-state index contributed by atoms with van der Waals surface area (Å²) in [6.07, 6.45) is 8.16. The van der Waals surface area contributed by atoms with Crippen LogP contribution in [0.25, 0.3) is 16.9 Å². The van der Waals surface area contributed by atoms with Crippen molar-refractivity contribution in [1.29, 1.82) is 0 Å². The fourth-order valence-corrected chi connectivity index (χ4v) is 5.81. The smallest absolute Gasteiger partial charge is 0.280 e. The number of rotatable bonds is 9. The highest BCUT2D eigenvalue weighted by Gasteiger charge is 2.25. The summed E-state index contributed by atoms with van der Waals surface area (Å²) in [4.78, 5) is 27.6. The maximum absolute atomic E-state index is 14.0. The molecule has 12 heteroatoms. The molecule has 4 N–H and O–H groups in total. The van der Waals surface area contributed by atoms with Gasteiger partial charge < -0.3 is 15.3 Å². The second-order valence-corrected chi connectivity index (χ2v) is 11.8. The van der Waals surface area contributed by atoms with E-state index in [0.717, 1.165) is 72.0 Å². The van der Waals surface area contributed by atoms with Crippen LogP contribution < -0.4 is 11.0 Å². The Balaban J connectivity index is 0.000000521. The molecule has 2 aliphatic rings. The van der Waals surface area contributed by atoms with Crippen molar-refractivity contribution in [3.8, 4) is 11.1 Å². The number of aryl methyl sites for hydroxylation is 1. The Bertz CT molecular complexity index is 1650. The molecule has 268 valence electrons. The maximum atomic E-state index is 14.0. The zero-order valence-corrected chi connectivity index (χ0v) is 29.5. The molecule has 0 radical (unpaired) electrons. The number of nitrogens with one attached hydrogen (secondary N) is 1. The molecule has 1 saturated carbocycles. The molecule has 1 aliphatic heterocycles. The SMILES string of the molecule is CC.CCC.CCCc1c(Cc2ccc(-c3ccccc3C3=NC(O)ON3)cc2)c(=O)n(C2CCCCC2)c2ncnn12.OCC(O)CF. The topological polar surface area (TPSA) is 147 Å². The van der Waals surface area contributed by atoms with Gasteiger partial charge in [-0.2, -0.15) is 10.1 Å². The third-order valence-electron chi connectivity index (χ3n) is 7.97. The summed E-state index contributed by atoms with van der Waals surface area (Å²) in [6, 6.07) is 16.3. The van der Waals surface area contributed by atoms with Gasteiger partial charge in [0.2, 0.25) is 5.78 Å². The summed E-state index contributed by atoms with van der Waals surface area (Å²) in [7, 11) is 0. The third kappa shape index (κ3) is 10.3. The van der Waals surface area contributed by atoms with Crippen LogP contribution in [0.15, 0.2) is 64.6 Å². The number of benzene rings is 2. The lowest BCUT2D eigenvalue weighted by Gasteiger charge is -2.25. The summed E-state index contributed by atoms with van der Waals surface area (Å²) in [5.41, 5.74) is 8.41. The first-order chi connectivity index (χ1) is 23.9. The molecule has 49 heavy (non-hydrogen) atoms. The van der Waals surface area contributed by atoms with E-state index in [1.807, 2.05) is 47.2 Å². The zero-order valence-electron chi connectivity index (χ0n) is 29.5. The lowest BCUT2D eigenvalue weighted by molar-refractivity contribution is -0.102. The number of halogens is 1. The number of aromatic nitrogens is 4. The highest BCUT2D eigenvalue weighted by Crippen LogP contribution is 2.30. The molecule has 0 spiro atoms. The van der Waals surface area contributed by atoms with E-state index in [2.05, 4.69) is 65.6 Å². The largest absolute Gasteiger partial charge is 0.394 e. The van der Waals surface area contributed by atoms with Crippen LogP contribution in [0.2, 0.25) is 0 Å². The predicted molar refractivity (Wildman–Crippen MR) is 191 cm³/mol. The van der Waals surface area contributed by atoms with E-state index in [4.69, 9.17) is 15.1 Å². The average Bonchev–Trinajstić information content (AvgIpc) is 3.81. The van der Waals surface area contributed by atoms with Crippen LogP contribution >= 0.6 is 0 Å². The van der Waals surface area contributed by atoms with E-state index in [-0.39, 0.29) is 11.6 Å². The van der Waals surface area contributed by atoms with Crippen LogP contribution in [-0.2, 0) is 17.7 Å². The molecule has 0 bridgehead atoms. The highest BCUT2D eigenvalue weighted by molar-refractivity contribution is 6.04. The normalized spacial score (nSPS) is 16.3. The van der Waals surface area contributed by atoms with Crippen molar-refractivity contribution in [3.63, 3.8) is 0 Å². The molecule has 1 aliphatic carbocycles. The summed E-state index contributed by atoms with van der Waals surface area (Å²) < 4.78 is 14.8. The van der Waals surface area contributed by atoms with Gasteiger partial charge in [-0.05, 0) is 36.0 Å². The van der Waals surface area contributed by atoms with Crippen LogP contribution in [0, 0.1) is 0 Å². The molecule has 2 atom stereocenters. The number of hydrogen-bond acceptors (Lipinski definition) is 9. The quantitative estimate of drug-likeness (QED) is 0.171. The molecular weight excluding hydrogens is 627 g/mol. The van der Waals surface area contributed by atoms with Crippen molar-refractivity contribution in [2.75, 3.05) is 13.3 Å². The summed E-state index contributed by atoms with van der Waals surface area (Å²) in [6.45, 7) is 9.02. The lowest BCUT2D eigenvalue weighted by Crippen LogP contribution is -2.33. The van der Waals surface area contributed by atoms with Crippen molar-refractivity contribution in [2.24, 2.45) is 4.99 Å². The molecule has 3 heterocycles. The van der Waals surface area contributed by atoms with Crippen LogP contribution in [0.4, 0.5) is 4.39 Å². The second-order valence-electron chi connectivity index (χ2n) is 11.8. The molecular formula is C37H53FN6O5. The van der Waals surface area contributed by atoms with Gasteiger partial charge in [0.1, 0.15) is 19.1 Å². The number of aliphatic hydroxyl groups is 3. The van der Waals surface area contributed by atoms with Crippen molar-refractivity contribution < 1.29 is 24.5 Å². The van der Waals surface area contributed by atoms with Crippen molar-refractivity contribution in [2.45, 2.75) is 111 Å². The Labute approximate surface area is 288 Å². The minimum absolute atomic E-state index is 0.0687. The minimum atomic E-state index is -1.21. The van der Waals surface area contributed by atoms with Gasteiger partial charge in [-0.1, -0.05) is 115 Å². The van der Waals surface area contributed by atoms with E-state index in [0.29, 0.717) is 18.0 Å². The van der Waals surface area contributed by atoms with Crippen molar-refractivity contribution in [1.82, 2.24) is 24.6 Å². The number of nitrogens with zero attached hydrogens (tertiary/aromatic N) is 5. The maximum Gasteiger partial charge on any atom is 0.280 e. The monoisotopic (exact) mass is 680 g/mol. The summed E-state index contributed by atoms with van der Waals surface area (Å²) in [5, 5.41) is 30.1. The molecule has 1 fully saturated rings. The minimum Gasteiger partial charge on any atom is -0.394 e. The lowest BCUT2D eigenvalue weighted by atomic mass is 9.94. The molecule has 2 unspecified atom stereocenters. The first-order valence-electron chi connectivity index (χ1n) is 17.5. The van der Waals surface area contributed by atoms with Crippen molar-refractivity contribution in [3.05, 3.63) is 87.6 Å². The molecule has 0 amide bonds. The number of fused-ring (bicyclic) bond motifs is 1. The Kier molecular flexibility index (Phi) is 16.5. The van der Waals surface area contributed by atoms with E-state index >= 15 is 0 Å². The van der Waals surface area contributed by atoms with Gasteiger partial charge in [0, 0.05) is 23.6 Å². The first kappa shape index (κ1) is 39.5. The Morgan fingerprint density at radius 2 is 1.67 bits per heavy atom. The van der Waals surface area contributed by atoms with Crippen LogP contribution in [0.3, 0.4) is 0 Å². The summed E-state index contributed by atoms with van der Waals surface area (Å²) >= 11 is 0. The number of hydroxylamine groups is 1. The third-order valence-corrected chi connectivity index (χ3v) is 7.97. The highest BCUT2D eigenvalue weighted by atomic mass is 19.1. The van der Waals surface area contributed by atoms with Gasteiger partial charge in [0.05, 0.1) is 12.3 Å². The zero-order chi connectivity index (χ0) is 35.8. The fraction of sp³-hybridized carbons (Fsp3) is 0.514. The molecule has 0 saturated heterocycles. The van der Waals surface area contributed by atoms with Gasteiger partial charge in [-0.3, -0.25) is 9.36 Å². The molecule has 6 rings (SSSR count). The van der Waals surface area contributed by atoms with E-state index in [1.165, 1.54) is 12.8 Å². The second kappa shape index (κ2) is 20.5. The van der Waals surface area contributed by atoms with E-state index < -0.39 is 25.8 Å². The van der Waals surface area contributed by atoms with Crippen LogP contribution in [0.5, 0.6) is 0 Å². The van der Waals surface area contributed by atoms with Gasteiger partial charge in [-0.15, -0.1) is 0 Å². The average molecular weight is 681 g/mol. The Hall–Kier alpha value is -3.97. The van der Waals surface area contributed by atoms with Gasteiger partial charge in [-0.25, -0.2) is 24.2 Å². The predicted octanol–water partition coefficient (Wildman–Crippen LogP) is 5.92. The summed E-state index contributed by atoms with van der Waals surface area (Å²) in [5.74, 6) is 1.16. The number of amidine groups is 1. The van der Waals surface area contributed by atoms with E-state index in [1.54, 1.807) is 6.33 Å². The fourth-order valence-electron chi connectivity index (χ4n) is 5.81. The Morgan fingerprint density at radius 1 is 1.02 bits per heavy atom. The molecule has 4 aromatic rings. The molecule has 2 aromatic carbocycles. The number of aliphatic hydroxyl groups excluding tert-OH is 3. The van der Waals surface area contributed by atoms with Crippen molar-refractivity contribution >= 4 is 11.6 Å². The Morgan fingerprint density at radius 3 is 2.22 bits per heavy atom. The van der Waals surface area contributed by atoms with Gasteiger partial charge in [0.25, 0.3) is 12.0 Å². The standard InChI is InChI=1S/C29H32N6O3.C3H7FO2.C3H8.C2H6/c1-2-8-25-24(27(36)34(21-9-4-3-5-10-21)28-30-18-31-35(25)28)17-19-13-15-20(16-14-19)22-11-6-7-12-23(22)26-32-29(37)38-33-26;4-1-3(6)2-5;1-3-2;1-2/h6-7,11-16,18,21,29,37H,2-5,8-10,17H2,1H3,(H,32,33);3,5-6H,1-2H2;3H2,1-2H3;1-2H3. The first-order valence-corrected chi connectivity index (χ1v) is 17.5.